The highest BCUT2D eigenvalue weighted by Gasteiger charge is 2.20. The first kappa shape index (κ1) is 15.4. The minimum Gasteiger partial charge on any atom is -0.374 e. The van der Waals surface area contributed by atoms with Crippen LogP contribution in [0.1, 0.15) is 54.4 Å². The van der Waals surface area contributed by atoms with Gasteiger partial charge in [-0.2, -0.15) is 0 Å². The third-order valence-corrected chi connectivity index (χ3v) is 2.38. The third-order valence-electron chi connectivity index (χ3n) is 2.38. The van der Waals surface area contributed by atoms with Gasteiger partial charge < -0.3 is 10.1 Å². The predicted molar refractivity (Wildman–Crippen MR) is 67.4 cm³/mol. The van der Waals surface area contributed by atoms with Crippen LogP contribution in [0.3, 0.4) is 0 Å². The highest BCUT2D eigenvalue weighted by atomic mass is 16.5. The predicted octanol–water partition coefficient (Wildman–Crippen LogP) is 2.74. The molecule has 0 unspecified atom stereocenters. The number of hydrogen-bond acceptors (Lipinski definition) is 2. The normalized spacial score (nSPS) is 12.6. The zero-order valence-corrected chi connectivity index (χ0v) is 11.6. The molecule has 0 aromatic rings. The minimum absolute atomic E-state index is 0.0764. The minimum atomic E-state index is -0.282. The summed E-state index contributed by atoms with van der Waals surface area (Å²) in [6, 6.07) is 0. The summed E-state index contributed by atoms with van der Waals surface area (Å²) in [5.74, 6) is 0.0764. The largest absolute Gasteiger partial charge is 0.374 e. The molecule has 0 saturated carbocycles. The van der Waals surface area contributed by atoms with E-state index in [1.54, 1.807) is 0 Å². The standard InChI is InChI=1S/C13H27NO2/c1-7-11(15)14-10-13(5,6)16-9-8-12(2,3)4/h7-10H2,1-6H3,(H,14,15). The lowest BCUT2D eigenvalue weighted by Crippen LogP contribution is -2.40. The Balaban J connectivity index is 3.82. The number of carbonyl (C=O) groups excluding carboxylic acids is 1. The number of hydrogen-bond donors (Lipinski definition) is 1. The maximum absolute atomic E-state index is 11.1. The Bertz CT molecular complexity index is 216. The molecular weight excluding hydrogens is 202 g/mol. The molecule has 0 aromatic carbocycles. The molecule has 3 heteroatoms. The summed E-state index contributed by atoms with van der Waals surface area (Å²) in [6.07, 6.45) is 1.55. The molecule has 0 aliphatic rings. The zero-order chi connectivity index (χ0) is 12.8. The summed E-state index contributed by atoms with van der Waals surface area (Å²) in [7, 11) is 0. The smallest absolute Gasteiger partial charge is 0.219 e. The summed E-state index contributed by atoms with van der Waals surface area (Å²) >= 11 is 0. The fourth-order valence-electron chi connectivity index (χ4n) is 1.12. The van der Waals surface area contributed by atoms with E-state index in [-0.39, 0.29) is 11.5 Å². The van der Waals surface area contributed by atoms with Crippen LogP contribution in [0, 0.1) is 5.41 Å². The summed E-state index contributed by atoms with van der Waals surface area (Å²) in [6.45, 7) is 13.8. The topological polar surface area (TPSA) is 38.3 Å². The zero-order valence-electron chi connectivity index (χ0n) is 11.6. The van der Waals surface area contributed by atoms with Crippen molar-refractivity contribution in [3.63, 3.8) is 0 Å². The van der Waals surface area contributed by atoms with Gasteiger partial charge >= 0.3 is 0 Å². The molecule has 0 rings (SSSR count). The molecule has 0 bridgehead atoms. The fourth-order valence-corrected chi connectivity index (χ4v) is 1.12. The Kier molecular flexibility index (Phi) is 6.01. The van der Waals surface area contributed by atoms with E-state index in [4.69, 9.17) is 4.74 Å². The van der Waals surface area contributed by atoms with Gasteiger partial charge in [-0.3, -0.25) is 4.79 Å². The molecule has 1 N–H and O–H groups in total. The fraction of sp³-hybridized carbons (Fsp3) is 0.923. The van der Waals surface area contributed by atoms with E-state index in [1.807, 2.05) is 20.8 Å². The molecule has 0 atom stereocenters. The maximum Gasteiger partial charge on any atom is 0.219 e. The number of ether oxygens (including phenoxy) is 1. The SMILES string of the molecule is CCC(=O)NCC(C)(C)OCCC(C)(C)C. The average Bonchev–Trinajstić information content (AvgIpc) is 2.12. The van der Waals surface area contributed by atoms with E-state index in [0.717, 1.165) is 13.0 Å². The molecule has 0 heterocycles. The molecule has 0 saturated heterocycles. The number of amides is 1. The van der Waals surface area contributed by atoms with Crippen molar-refractivity contribution in [2.24, 2.45) is 5.41 Å². The summed E-state index contributed by atoms with van der Waals surface area (Å²) in [5.41, 5.74) is 0.0127. The lowest BCUT2D eigenvalue weighted by Gasteiger charge is -2.27. The summed E-state index contributed by atoms with van der Waals surface area (Å²) < 4.78 is 5.79. The van der Waals surface area contributed by atoms with Crippen LogP contribution in [-0.4, -0.2) is 24.7 Å². The van der Waals surface area contributed by atoms with Crippen molar-refractivity contribution in [3.8, 4) is 0 Å². The van der Waals surface area contributed by atoms with Crippen molar-refractivity contribution in [2.75, 3.05) is 13.2 Å². The van der Waals surface area contributed by atoms with Gasteiger partial charge in [-0.25, -0.2) is 0 Å². The van der Waals surface area contributed by atoms with Crippen LogP contribution in [0.5, 0.6) is 0 Å². The van der Waals surface area contributed by atoms with Crippen LogP contribution < -0.4 is 5.32 Å². The van der Waals surface area contributed by atoms with Crippen molar-refractivity contribution < 1.29 is 9.53 Å². The van der Waals surface area contributed by atoms with E-state index in [0.29, 0.717) is 18.4 Å². The van der Waals surface area contributed by atoms with Crippen molar-refractivity contribution in [1.29, 1.82) is 0 Å². The lowest BCUT2D eigenvalue weighted by atomic mass is 9.93. The van der Waals surface area contributed by atoms with Gasteiger partial charge in [-0.15, -0.1) is 0 Å². The highest BCUT2D eigenvalue weighted by molar-refractivity contribution is 5.75. The Morgan fingerprint density at radius 3 is 2.19 bits per heavy atom. The quantitative estimate of drug-likeness (QED) is 0.760. The molecule has 0 aromatic heterocycles. The van der Waals surface area contributed by atoms with E-state index >= 15 is 0 Å². The van der Waals surface area contributed by atoms with Gasteiger partial charge in [0.25, 0.3) is 0 Å². The Labute approximate surface area is 99.9 Å². The average molecular weight is 229 g/mol. The highest BCUT2D eigenvalue weighted by Crippen LogP contribution is 2.20. The monoisotopic (exact) mass is 229 g/mol. The van der Waals surface area contributed by atoms with E-state index in [9.17, 15) is 4.79 Å². The Morgan fingerprint density at radius 2 is 1.75 bits per heavy atom. The molecule has 1 amide bonds. The maximum atomic E-state index is 11.1. The van der Waals surface area contributed by atoms with E-state index in [1.165, 1.54) is 0 Å². The molecule has 3 nitrogen and oxygen atoms in total. The molecular formula is C13H27NO2. The van der Waals surface area contributed by atoms with Gasteiger partial charge in [0, 0.05) is 19.6 Å². The molecule has 0 spiro atoms. The van der Waals surface area contributed by atoms with Gasteiger partial charge in [0.05, 0.1) is 5.60 Å². The molecule has 0 fully saturated rings. The molecule has 96 valence electrons. The van der Waals surface area contributed by atoms with Crippen LogP contribution >= 0.6 is 0 Å². The van der Waals surface area contributed by atoms with Crippen LogP contribution in [0.25, 0.3) is 0 Å². The Hall–Kier alpha value is -0.570. The van der Waals surface area contributed by atoms with Crippen LogP contribution in [0.4, 0.5) is 0 Å². The van der Waals surface area contributed by atoms with Crippen molar-refractivity contribution in [3.05, 3.63) is 0 Å². The second-order valence-corrected chi connectivity index (χ2v) is 6.05. The first-order valence-corrected chi connectivity index (χ1v) is 6.07. The third kappa shape index (κ3) is 8.72. The second-order valence-electron chi connectivity index (χ2n) is 6.05. The molecule has 0 aliphatic carbocycles. The summed E-state index contributed by atoms with van der Waals surface area (Å²) in [5, 5.41) is 2.86. The van der Waals surface area contributed by atoms with Crippen molar-refractivity contribution in [1.82, 2.24) is 5.32 Å². The van der Waals surface area contributed by atoms with Crippen molar-refractivity contribution >= 4 is 5.91 Å². The van der Waals surface area contributed by atoms with Gasteiger partial charge in [0.2, 0.25) is 5.91 Å². The van der Waals surface area contributed by atoms with Gasteiger partial charge in [-0.05, 0) is 25.7 Å². The van der Waals surface area contributed by atoms with E-state index < -0.39 is 0 Å². The first-order chi connectivity index (χ1) is 7.16. The van der Waals surface area contributed by atoms with E-state index in [2.05, 4.69) is 26.1 Å². The van der Waals surface area contributed by atoms with Crippen LogP contribution in [0.2, 0.25) is 0 Å². The van der Waals surface area contributed by atoms with Crippen molar-refractivity contribution in [2.45, 2.75) is 60.0 Å². The second kappa shape index (κ2) is 6.24. The number of carbonyl (C=O) groups is 1. The molecule has 0 radical (unpaired) electrons. The number of nitrogens with one attached hydrogen (secondary N) is 1. The van der Waals surface area contributed by atoms with Gasteiger partial charge in [-0.1, -0.05) is 27.7 Å². The molecule has 0 aliphatic heterocycles. The lowest BCUT2D eigenvalue weighted by molar-refractivity contribution is -0.122. The Morgan fingerprint density at radius 1 is 1.19 bits per heavy atom. The molecule has 16 heavy (non-hydrogen) atoms. The van der Waals surface area contributed by atoms with Crippen LogP contribution in [-0.2, 0) is 9.53 Å². The first-order valence-electron chi connectivity index (χ1n) is 6.07. The number of rotatable bonds is 6. The van der Waals surface area contributed by atoms with Gasteiger partial charge in [0.15, 0.2) is 0 Å². The van der Waals surface area contributed by atoms with Crippen LogP contribution in [0.15, 0.2) is 0 Å². The summed E-state index contributed by atoms with van der Waals surface area (Å²) in [4.78, 5) is 11.1. The van der Waals surface area contributed by atoms with Gasteiger partial charge in [0.1, 0.15) is 0 Å².